The molecule has 2 aromatic rings. The van der Waals surface area contributed by atoms with Gasteiger partial charge >= 0.3 is 6.18 Å². The number of hydrogen-bond acceptors (Lipinski definition) is 3. The number of amides is 1. The van der Waals surface area contributed by atoms with Crippen LogP contribution in [0.3, 0.4) is 0 Å². The van der Waals surface area contributed by atoms with Crippen LogP contribution in [0.4, 0.5) is 23.4 Å². The second-order valence-corrected chi connectivity index (χ2v) is 4.20. The number of hydrogen-bond donors (Lipinski definition) is 1. The van der Waals surface area contributed by atoms with Gasteiger partial charge in [-0.05, 0) is 35.9 Å². The molecular formula is C12H6ClF4N3O. The molecule has 0 atom stereocenters. The number of rotatable bonds is 2. The largest absolute Gasteiger partial charge is 0.416 e. The van der Waals surface area contributed by atoms with Crippen molar-refractivity contribution in [1.29, 1.82) is 0 Å². The molecule has 0 aliphatic heterocycles. The van der Waals surface area contributed by atoms with E-state index in [0.29, 0.717) is 18.2 Å². The molecule has 0 spiro atoms. The van der Waals surface area contributed by atoms with Crippen LogP contribution >= 0.6 is 11.6 Å². The van der Waals surface area contributed by atoms with Gasteiger partial charge < -0.3 is 5.32 Å². The van der Waals surface area contributed by atoms with Crippen LogP contribution in [0.25, 0.3) is 0 Å². The zero-order valence-electron chi connectivity index (χ0n) is 10.1. The molecule has 1 aromatic heterocycles. The normalized spacial score (nSPS) is 11.3. The van der Waals surface area contributed by atoms with E-state index in [1.165, 1.54) is 12.3 Å². The van der Waals surface area contributed by atoms with Gasteiger partial charge in [-0.1, -0.05) is 0 Å². The number of carbonyl (C=O) groups excluding carboxylic acids is 1. The maximum Gasteiger partial charge on any atom is 0.416 e. The van der Waals surface area contributed by atoms with Crippen molar-refractivity contribution >= 4 is 23.3 Å². The first kappa shape index (κ1) is 15.2. The molecule has 110 valence electrons. The van der Waals surface area contributed by atoms with Gasteiger partial charge in [0, 0.05) is 6.20 Å². The maximum absolute atomic E-state index is 13.5. The van der Waals surface area contributed by atoms with Crippen LogP contribution in [-0.2, 0) is 6.18 Å². The molecule has 0 saturated carbocycles. The van der Waals surface area contributed by atoms with Gasteiger partial charge in [0.05, 0.1) is 11.1 Å². The maximum atomic E-state index is 13.5. The summed E-state index contributed by atoms with van der Waals surface area (Å²) in [6.45, 7) is 0. The summed E-state index contributed by atoms with van der Waals surface area (Å²) in [5.74, 6) is -2.22. The van der Waals surface area contributed by atoms with Crippen molar-refractivity contribution < 1.29 is 22.4 Å². The second kappa shape index (κ2) is 5.65. The Hall–Kier alpha value is -2.22. The van der Waals surface area contributed by atoms with Crippen molar-refractivity contribution in [3.63, 3.8) is 0 Å². The molecule has 21 heavy (non-hydrogen) atoms. The lowest BCUT2D eigenvalue weighted by atomic mass is 10.1. The molecule has 0 aliphatic carbocycles. The molecule has 1 amide bonds. The van der Waals surface area contributed by atoms with Crippen LogP contribution in [0, 0.1) is 5.82 Å². The predicted octanol–water partition coefficient (Wildman–Crippen LogP) is 3.54. The van der Waals surface area contributed by atoms with Crippen molar-refractivity contribution in [1.82, 2.24) is 9.97 Å². The van der Waals surface area contributed by atoms with Gasteiger partial charge in [0.1, 0.15) is 11.6 Å². The molecule has 9 heteroatoms. The fraction of sp³-hybridized carbons (Fsp3) is 0.0833. The smallest absolute Gasteiger partial charge is 0.306 e. The summed E-state index contributed by atoms with van der Waals surface area (Å²) in [7, 11) is 0. The Kier molecular flexibility index (Phi) is 4.08. The van der Waals surface area contributed by atoms with Gasteiger partial charge in [-0.15, -0.1) is 0 Å². The number of aromatic nitrogens is 2. The fourth-order valence-corrected chi connectivity index (χ4v) is 1.61. The molecule has 0 fully saturated rings. The van der Waals surface area contributed by atoms with E-state index in [1.807, 2.05) is 0 Å². The number of nitrogens with one attached hydrogen (secondary N) is 1. The first-order chi connectivity index (χ1) is 9.77. The fourth-order valence-electron chi connectivity index (χ4n) is 1.46. The van der Waals surface area contributed by atoms with E-state index in [1.54, 1.807) is 0 Å². The van der Waals surface area contributed by atoms with E-state index in [4.69, 9.17) is 11.6 Å². The lowest BCUT2D eigenvalue weighted by molar-refractivity contribution is -0.137. The van der Waals surface area contributed by atoms with Crippen LogP contribution in [-0.4, -0.2) is 15.9 Å². The van der Waals surface area contributed by atoms with Crippen LogP contribution in [0.1, 0.15) is 15.9 Å². The van der Waals surface area contributed by atoms with Crippen LogP contribution in [0.15, 0.2) is 30.5 Å². The first-order valence-corrected chi connectivity index (χ1v) is 5.82. The average Bonchev–Trinajstić information content (AvgIpc) is 2.37. The van der Waals surface area contributed by atoms with Gasteiger partial charge in [-0.25, -0.2) is 14.4 Å². The highest BCUT2D eigenvalue weighted by Crippen LogP contribution is 2.30. The predicted molar refractivity (Wildman–Crippen MR) is 66.4 cm³/mol. The number of anilines is 1. The molecule has 2 rings (SSSR count). The SMILES string of the molecule is O=C(Nc1ccnc(Cl)n1)c1cc(C(F)(F)F)ccc1F. The van der Waals surface area contributed by atoms with Crippen molar-refractivity contribution in [2.24, 2.45) is 0 Å². The standard InChI is InChI=1S/C12H6ClF4N3O/c13-11-18-4-3-9(20-11)19-10(21)7-5-6(12(15,16)17)1-2-8(7)14/h1-5H,(H,18,19,20,21). The molecule has 4 nitrogen and oxygen atoms in total. The van der Waals surface area contributed by atoms with E-state index >= 15 is 0 Å². The molecule has 1 heterocycles. The monoisotopic (exact) mass is 319 g/mol. The summed E-state index contributed by atoms with van der Waals surface area (Å²) in [6, 6.07) is 2.81. The Morgan fingerprint density at radius 3 is 2.57 bits per heavy atom. The van der Waals surface area contributed by atoms with Crippen LogP contribution < -0.4 is 5.32 Å². The summed E-state index contributed by atoms with van der Waals surface area (Å²) < 4.78 is 51.2. The summed E-state index contributed by atoms with van der Waals surface area (Å²) in [5.41, 5.74) is -1.88. The van der Waals surface area contributed by atoms with Crippen LogP contribution in [0.2, 0.25) is 5.28 Å². The molecular weight excluding hydrogens is 314 g/mol. The third-order valence-electron chi connectivity index (χ3n) is 2.41. The summed E-state index contributed by atoms with van der Waals surface area (Å²) in [5, 5.41) is 1.97. The summed E-state index contributed by atoms with van der Waals surface area (Å²) in [6.07, 6.45) is -3.45. The van der Waals surface area contributed by atoms with E-state index < -0.39 is 29.0 Å². The van der Waals surface area contributed by atoms with Crippen LogP contribution in [0.5, 0.6) is 0 Å². The van der Waals surface area contributed by atoms with Crippen molar-refractivity contribution in [2.45, 2.75) is 6.18 Å². The Labute approximate surface area is 120 Å². The topological polar surface area (TPSA) is 54.9 Å². The second-order valence-electron chi connectivity index (χ2n) is 3.86. The number of alkyl halides is 3. The van der Waals surface area contributed by atoms with Gasteiger partial charge in [0.2, 0.25) is 5.28 Å². The summed E-state index contributed by atoms with van der Waals surface area (Å²) in [4.78, 5) is 19.0. The highest BCUT2D eigenvalue weighted by atomic mass is 35.5. The minimum Gasteiger partial charge on any atom is -0.306 e. The molecule has 0 bridgehead atoms. The molecule has 0 radical (unpaired) electrons. The first-order valence-electron chi connectivity index (χ1n) is 5.44. The Morgan fingerprint density at radius 1 is 1.24 bits per heavy atom. The van der Waals surface area contributed by atoms with E-state index in [2.05, 4.69) is 15.3 Å². The quantitative estimate of drug-likeness (QED) is 0.680. The van der Waals surface area contributed by atoms with Gasteiger partial charge in [-0.2, -0.15) is 13.2 Å². The average molecular weight is 320 g/mol. The lowest BCUT2D eigenvalue weighted by Gasteiger charge is -2.10. The highest BCUT2D eigenvalue weighted by Gasteiger charge is 2.32. The third kappa shape index (κ3) is 3.66. The Morgan fingerprint density at radius 2 is 1.95 bits per heavy atom. The number of halogens is 5. The van der Waals surface area contributed by atoms with Crippen molar-refractivity contribution in [3.8, 4) is 0 Å². The minimum absolute atomic E-state index is 0.0585. The van der Waals surface area contributed by atoms with E-state index in [0.717, 1.165) is 0 Å². The zero-order chi connectivity index (χ0) is 15.6. The molecule has 0 unspecified atom stereocenters. The highest BCUT2D eigenvalue weighted by molar-refractivity contribution is 6.28. The van der Waals surface area contributed by atoms with Gasteiger partial charge in [0.15, 0.2) is 0 Å². The molecule has 1 N–H and O–H groups in total. The zero-order valence-corrected chi connectivity index (χ0v) is 10.8. The molecule has 0 aliphatic rings. The van der Waals surface area contributed by atoms with Crippen molar-refractivity contribution in [2.75, 3.05) is 5.32 Å². The molecule has 0 saturated heterocycles. The summed E-state index contributed by atoms with van der Waals surface area (Å²) >= 11 is 5.49. The Bertz CT molecular complexity index is 690. The minimum atomic E-state index is -4.68. The van der Waals surface area contributed by atoms with E-state index in [-0.39, 0.29) is 11.1 Å². The number of nitrogens with zero attached hydrogens (tertiary/aromatic N) is 2. The molecule has 1 aromatic carbocycles. The van der Waals surface area contributed by atoms with Gasteiger partial charge in [0.25, 0.3) is 5.91 Å². The van der Waals surface area contributed by atoms with Gasteiger partial charge in [-0.3, -0.25) is 4.79 Å². The lowest BCUT2D eigenvalue weighted by Crippen LogP contribution is -2.16. The number of carbonyl (C=O) groups is 1. The van der Waals surface area contributed by atoms with E-state index in [9.17, 15) is 22.4 Å². The third-order valence-corrected chi connectivity index (χ3v) is 2.59. The number of benzene rings is 1. The van der Waals surface area contributed by atoms with Crippen molar-refractivity contribution in [3.05, 3.63) is 52.7 Å². The Balaban J connectivity index is 2.31.